The fourth-order valence-corrected chi connectivity index (χ4v) is 5.49. The van der Waals surface area contributed by atoms with Gasteiger partial charge in [-0.25, -0.2) is 5.01 Å². The number of hydrogen-bond donors (Lipinski definition) is 0. The Bertz CT molecular complexity index is 1360. The third-order valence-corrected chi connectivity index (χ3v) is 7.55. The molecule has 0 spiro atoms. The van der Waals surface area contributed by atoms with Gasteiger partial charge in [-0.05, 0) is 78.4 Å². The minimum atomic E-state index is -0.168. The molecule has 1 heterocycles. The van der Waals surface area contributed by atoms with Gasteiger partial charge in [-0.3, -0.25) is 4.79 Å². The van der Waals surface area contributed by atoms with E-state index >= 15 is 0 Å². The standard InChI is InChI=1S/C32H36N4O2/c1-34(2)25-17-13-22(14-18-25)21-24-9-8-11-28-30(24)33-36(32(37)27-10-6-7-12-29(27)38-5)31(28)23-15-19-26(20-16-23)35(3)4/h6-7,10,12-21,28,31H,8-9,11H2,1-5H3. The predicted octanol–water partition coefficient (Wildman–Crippen LogP) is 6.26. The molecule has 0 aromatic heterocycles. The van der Waals surface area contributed by atoms with Crippen molar-refractivity contribution < 1.29 is 9.53 Å². The molecule has 3 aromatic carbocycles. The van der Waals surface area contributed by atoms with Crippen LogP contribution in [-0.2, 0) is 0 Å². The summed E-state index contributed by atoms with van der Waals surface area (Å²) in [5.74, 6) is 0.562. The largest absolute Gasteiger partial charge is 0.496 e. The summed E-state index contributed by atoms with van der Waals surface area (Å²) in [4.78, 5) is 18.2. The first-order valence-corrected chi connectivity index (χ1v) is 13.2. The molecule has 1 amide bonds. The molecular weight excluding hydrogens is 472 g/mol. The average Bonchev–Trinajstić information content (AvgIpc) is 3.33. The minimum Gasteiger partial charge on any atom is -0.496 e. The van der Waals surface area contributed by atoms with Crippen molar-refractivity contribution in [2.45, 2.75) is 25.3 Å². The number of carbonyl (C=O) groups is 1. The lowest BCUT2D eigenvalue weighted by atomic mass is 9.77. The van der Waals surface area contributed by atoms with E-state index in [0.29, 0.717) is 11.3 Å². The number of rotatable bonds is 6. The first kappa shape index (κ1) is 25.6. The number of amides is 1. The summed E-state index contributed by atoms with van der Waals surface area (Å²) in [6.45, 7) is 0. The maximum absolute atomic E-state index is 14.0. The van der Waals surface area contributed by atoms with Gasteiger partial charge in [-0.1, -0.05) is 36.4 Å². The smallest absolute Gasteiger partial charge is 0.278 e. The molecule has 196 valence electrons. The zero-order valence-electron chi connectivity index (χ0n) is 22.9. The van der Waals surface area contributed by atoms with Crippen molar-refractivity contribution >= 4 is 29.1 Å². The van der Waals surface area contributed by atoms with E-state index in [9.17, 15) is 4.79 Å². The first-order valence-electron chi connectivity index (χ1n) is 13.2. The van der Waals surface area contributed by atoms with Crippen LogP contribution in [0.4, 0.5) is 11.4 Å². The Balaban J connectivity index is 1.56. The zero-order valence-corrected chi connectivity index (χ0v) is 22.9. The van der Waals surface area contributed by atoms with Gasteiger partial charge in [0.25, 0.3) is 5.91 Å². The first-order chi connectivity index (χ1) is 18.4. The summed E-state index contributed by atoms with van der Waals surface area (Å²) in [5, 5.41) is 6.76. The fraction of sp³-hybridized carbons (Fsp3) is 0.312. The summed E-state index contributed by atoms with van der Waals surface area (Å²) in [7, 11) is 9.76. The number of carbonyl (C=O) groups excluding carboxylic acids is 1. The van der Waals surface area contributed by atoms with Crippen LogP contribution in [0.25, 0.3) is 6.08 Å². The molecule has 1 aliphatic heterocycles. The summed E-state index contributed by atoms with van der Waals surface area (Å²) in [6.07, 6.45) is 5.25. The zero-order chi connectivity index (χ0) is 26.8. The van der Waals surface area contributed by atoms with Crippen LogP contribution in [-0.4, -0.2) is 51.9 Å². The predicted molar refractivity (Wildman–Crippen MR) is 156 cm³/mol. The number of fused-ring (bicyclic) bond motifs is 1. The maximum atomic E-state index is 14.0. The highest BCUT2D eigenvalue weighted by atomic mass is 16.5. The number of para-hydroxylation sites is 1. The average molecular weight is 509 g/mol. The molecule has 0 saturated heterocycles. The van der Waals surface area contributed by atoms with E-state index in [2.05, 4.69) is 64.4 Å². The number of ether oxygens (including phenoxy) is 1. The van der Waals surface area contributed by atoms with Crippen LogP contribution in [0.3, 0.4) is 0 Å². The van der Waals surface area contributed by atoms with Gasteiger partial charge in [0.15, 0.2) is 0 Å². The minimum absolute atomic E-state index is 0.138. The van der Waals surface area contributed by atoms with Crippen LogP contribution in [0.5, 0.6) is 5.75 Å². The number of benzene rings is 3. The Kier molecular flexibility index (Phi) is 7.23. The third kappa shape index (κ3) is 4.91. The van der Waals surface area contributed by atoms with Gasteiger partial charge in [0, 0.05) is 45.5 Å². The number of methoxy groups -OCH3 is 1. The molecule has 2 unspecified atom stereocenters. The van der Waals surface area contributed by atoms with E-state index in [0.717, 1.165) is 41.8 Å². The van der Waals surface area contributed by atoms with Crippen molar-refractivity contribution in [1.29, 1.82) is 0 Å². The molecule has 5 rings (SSSR count). The van der Waals surface area contributed by atoms with Crippen molar-refractivity contribution in [2.75, 3.05) is 45.1 Å². The normalized spacial score (nSPS) is 19.7. The second-order valence-electron chi connectivity index (χ2n) is 10.4. The molecule has 1 aliphatic carbocycles. The summed E-state index contributed by atoms with van der Waals surface area (Å²) >= 11 is 0. The molecule has 0 N–H and O–H groups in total. The molecule has 1 saturated carbocycles. The van der Waals surface area contributed by atoms with Crippen LogP contribution >= 0.6 is 0 Å². The van der Waals surface area contributed by atoms with E-state index in [1.165, 1.54) is 11.3 Å². The number of anilines is 2. The molecule has 38 heavy (non-hydrogen) atoms. The number of hydrazone groups is 1. The lowest BCUT2D eigenvalue weighted by Gasteiger charge is -2.30. The van der Waals surface area contributed by atoms with Crippen LogP contribution in [0.15, 0.2) is 83.5 Å². The van der Waals surface area contributed by atoms with Gasteiger partial charge in [-0.2, -0.15) is 5.10 Å². The van der Waals surface area contributed by atoms with Crippen molar-refractivity contribution in [3.63, 3.8) is 0 Å². The Hall–Kier alpha value is -4.06. The highest BCUT2D eigenvalue weighted by molar-refractivity contribution is 6.09. The van der Waals surface area contributed by atoms with Crippen molar-refractivity contribution in [3.05, 3.63) is 95.1 Å². The van der Waals surface area contributed by atoms with Crippen LogP contribution in [0, 0.1) is 5.92 Å². The van der Waals surface area contributed by atoms with E-state index < -0.39 is 0 Å². The fourth-order valence-electron chi connectivity index (χ4n) is 5.49. The lowest BCUT2D eigenvalue weighted by molar-refractivity contribution is 0.0677. The molecule has 2 aliphatic rings. The van der Waals surface area contributed by atoms with Gasteiger partial charge in [0.2, 0.25) is 0 Å². The number of hydrogen-bond acceptors (Lipinski definition) is 5. The second-order valence-corrected chi connectivity index (χ2v) is 10.4. The van der Waals surface area contributed by atoms with Crippen molar-refractivity contribution in [2.24, 2.45) is 11.0 Å². The summed E-state index contributed by atoms with van der Waals surface area (Å²) in [5.41, 5.74) is 7.30. The molecule has 0 bridgehead atoms. The van der Waals surface area contributed by atoms with Gasteiger partial charge in [0.1, 0.15) is 5.75 Å². The third-order valence-electron chi connectivity index (χ3n) is 7.55. The van der Waals surface area contributed by atoms with Gasteiger partial charge >= 0.3 is 0 Å². The highest BCUT2D eigenvalue weighted by Gasteiger charge is 2.44. The number of nitrogens with zero attached hydrogens (tertiary/aromatic N) is 4. The van der Waals surface area contributed by atoms with Crippen LogP contribution < -0.4 is 14.5 Å². The molecule has 0 radical (unpaired) electrons. The van der Waals surface area contributed by atoms with Crippen molar-refractivity contribution in [3.8, 4) is 5.75 Å². The van der Waals surface area contributed by atoms with Gasteiger partial charge in [0.05, 0.1) is 24.4 Å². The van der Waals surface area contributed by atoms with E-state index in [-0.39, 0.29) is 17.9 Å². The monoisotopic (exact) mass is 508 g/mol. The van der Waals surface area contributed by atoms with Crippen LogP contribution in [0.1, 0.15) is 46.8 Å². The maximum Gasteiger partial charge on any atom is 0.278 e. The molecule has 6 heteroatoms. The molecule has 6 nitrogen and oxygen atoms in total. The van der Waals surface area contributed by atoms with E-state index in [1.54, 1.807) is 12.1 Å². The Labute approximate surface area is 225 Å². The SMILES string of the molecule is COc1ccccc1C(=O)N1N=C2C(=Cc3ccc(N(C)C)cc3)CCCC2C1c1ccc(N(C)C)cc1. The van der Waals surface area contributed by atoms with Crippen molar-refractivity contribution in [1.82, 2.24) is 5.01 Å². The highest BCUT2D eigenvalue weighted by Crippen LogP contribution is 2.45. The van der Waals surface area contributed by atoms with E-state index in [1.807, 2.05) is 52.5 Å². The molecule has 2 atom stereocenters. The Morgan fingerprint density at radius 1 is 0.921 bits per heavy atom. The second kappa shape index (κ2) is 10.7. The van der Waals surface area contributed by atoms with Gasteiger partial charge in [-0.15, -0.1) is 0 Å². The topological polar surface area (TPSA) is 48.4 Å². The van der Waals surface area contributed by atoms with E-state index in [4.69, 9.17) is 9.84 Å². The number of allylic oxidation sites excluding steroid dienone is 1. The Morgan fingerprint density at radius 2 is 1.55 bits per heavy atom. The molecule has 1 fully saturated rings. The Morgan fingerprint density at radius 3 is 2.18 bits per heavy atom. The van der Waals surface area contributed by atoms with Crippen LogP contribution in [0.2, 0.25) is 0 Å². The lowest BCUT2D eigenvalue weighted by Crippen LogP contribution is -2.32. The summed E-state index contributed by atoms with van der Waals surface area (Å²) in [6, 6.07) is 24.3. The van der Waals surface area contributed by atoms with Gasteiger partial charge < -0.3 is 14.5 Å². The molecular formula is C32H36N4O2. The summed E-state index contributed by atoms with van der Waals surface area (Å²) < 4.78 is 5.54. The quantitative estimate of drug-likeness (QED) is 0.394. The molecule has 3 aromatic rings.